The molecule has 2 atom stereocenters. The standard InChI is InChI=1S/C16H18F3NO4/c1-15(2)11(12(15)14(22)23)13(21)20-7-9-3-5-10(6-4-9)24-8-16(17,18)19/h3-6,11-12H,7-8H2,1-2H3,(H,20,21)(H,22,23)/t11-,12+/m1/s1. The molecule has 0 spiro atoms. The Labute approximate surface area is 136 Å². The fourth-order valence-corrected chi connectivity index (χ4v) is 2.76. The van der Waals surface area contributed by atoms with Crippen LogP contribution >= 0.6 is 0 Å². The number of nitrogens with one attached hydrogen (secondary N) is 1. The van der Waals surface area contributed by atoms with Crippen LogP contribution in [0.1, 0.15) is 19.4 Å². The molecule has 24 heavy (non-hydrogen) atoms. The molecule has 1 aromatic rings. The van der Waals surface area contributed by atoms with Gasteiger partial charge in [0.1, 0.15) is 5.75 Å². The van der Waals surface area contributed by atoms with Crippen molar-refractivity contribution in [3.63, 3.8) is 0 Å². The third-order valence-electron chi connectivity index (χ3n) is 4.17. The fourth-order valence-electron chi connectivity index (χ4n) is 2.76. The Morgan fingerprint density at radius 3 is 2.25 bits per heavy atom. The summed E-state index contributed by atoms with van der Waals surface area (Å²) in [6.45, 7) is 2.25. The van der Waals surface area contributed by atoms with E-state index < -0.39 is 36.0 Å². The zero-order valence-corrected chi connectivity index (χ0v) is 13.2. The summed E-state index contributed by atoms with van der Waals surface area (Å²) < 4.78 is 40.7. The molecule has 5 nitrogen and oxygen atoms in total. The number of carbonyl (C=O) groups excluding carboxylic acids is 1. The lowest BCUT2D eigenvalue weighted by Gasteiger charge is -2.10. The van der Waals surface area contributed by atoms with Gasteiger partial charge in [-0.1, -0.05) is 26.0 Å². The molecule has 0 unspecified atom stereocenters. The van der Waals surface area contributed by atoms with Gasteiger partial charge in [-0.3, -0.25) is 9.59 Å². The van der Waals surface area contributed by atoms with Crippen molar-refractivity contribution in [1.29, 1.82) is 0 Å². The van der Waals surface area contributed by atoms with Gasteiger partial charge in [0.2, 0.25) is 5.91 Å². The molecule has 0 saturated heterocycles. The monoisotopic (exact) mass is 345 g/mol. The maximum absolute atomic E-state index is 12.1. The lowest BCUT2D eigenvalue weighted by molar-refractivity contribution is -0.153. The normalized spacial score (nSPS) is 21.9. The molecule has 1 aliphatic rings. The number of aliphatic carboxylic acids is 1. The molecule has 0 aromatic heterocycles. The number of carboxylic acids is 1. The van der Waals surface area contributed by atoms with E-state index in [4.69, 9.17) is 5.11 Å². The van der Waals surface area contributed by atoms with Gasteiger partial charge >= 0.3 is 12.1 Å². The summed E-state index contributed by atoms with van der Waals surface area (Å²) in [4.78, 5) is 23.1. The van der Waals surface area contributed by atoms with E-state index >= 15 is 0 Å². The number of hydrogen-bond donors (Lipinski definition) is 2. The van der Waals surface area contributed by atoms with Crippen LogP contribution in [0.3, 0.4) is 0 Å². The Hall–Kier alpha value is -2.25. The molecule has 1 amide bonds. The van der Waals surface area contributed by atoms with Crippen molar-refractivity contribution < 1.29 is 32.6 Å². The maximum Gasteiger partial charge on any atom is 0.422 e. The molecule has 2 rings (SSSR count). The molecule has 1 aliphatic carbocycles. The molecule has 0 aliphatic heterocycles. The minimum atomic E-state index is -4.40. The SMILES string of the molecule is CC1(C)[C@H](C(=O)O)[C@@H]1C(=O)NCc1ccc(OCC(F)(F)F)cc1. The van der Waals surface area contributed by atoms with Gasteiger partial charge in [0, 0.05) is 6.54 Å². The van der Waals surface area contributed by atoms with Crippen molar-refractivity contribution in [2.45, 2.75) is 26.6 Å². The lowest BCUT2D eigenvalue weighted by atomic mass is 10.1. The van der Waals surface area contributed by atoms with E-state index in [9.17, 15) is 22.8 Å². The maximum atomic E-state index is 12.1. The second kappa shape index (κ2) is 6.33. The molecule has 8 heteroatoms. The second-order valence-corrected chi connectivity index (χ2v) is 6.38. The Morgan fingerprint density at radius 1 is 1.21 bits per heavy atom. The van der Waals surface area contributed by atoms with Crippen LogP contribution in [0.25, 0.3) is 0 Å². The molecule has 1 fully saturated rings. The number of carbonyl (C=O) groups is 2. The lowest BCUT2D eigenvalue weighted by Crippen LogP contribution is -2.26. The van der Waals surface area contributed by atoms with Crippen LogP contribution in [0.4, 0.5) is 13.2 Å². The number of alkyl halides is 3. The highest BCUT2D eigenvalue weighted by Gasteiger charge is 2.65. The highest BCUT2D eigenvalue weighted by atomic mass is 19.4. The Morgan fingerprint density at radius 2 is 1.79 bits per heavy atom. The van der Waals surface area contributed by atoms with Gasteiger partial charge < -0.3 is 15.2 Å². The first-order valence-electron chi connectivity index (χ1n) is 7.31. The van der Waals surface area contributed by atoms with Crippen molar-refractivity contribution >= 4 is 11.9 Å². The average molecular weight is 345 g/mol. The van der Waals surface area contributed by atoms with Crippen LogP contribution in [0.5, 0.6) is 5.75 Å². The molecule has 0 bridgehead atoms. The van der Waals surface area contributed by atoms with Crippen molar-refractivity contribution in [2.24, 2.45) is 17.3 Å². The molecular formula is C16H18F3NO4. The molecular weight excluding hydrogens is 327 g/mol. The van der Waals surface area contributed by atoms with Crippen LogP contribution in [-0.4, -0.2) is 29.8 Å². The number of benzene rings is 1. The molecule has 0 radical (unpaired) electrons. The largest absolute Gasteiger partial charge is 0.484 e. The first-order valence-corrected chi connectivity index (χ1v) is 7.31. The fraction of sp³-hybridized carbons (Fsp3) is 0.500. The van der Waals surface area contributed by atoms with E-state index in [2.05, 4.69) is 10.1 Å². The van der Waals surface area contributed by atoms with Gasteiger partial charge in [-0.25, -0.2) is 0 Å². The van der Waals surface area contributed by atoms with Crippen molar-refractivity contribution in [3.05, 3.63) is 29.8 Å². The third kappa shape index (κ3) is 4.18. The summed E-state index contributed by atoms with van der Waals surface area (Å²) in [5.41, 5.74) is 0.0959. The van der Waals surface area contributed by atoms with E-state index in [-0.39, 0.29) is 18.2 Å². The number of carboxylic acid groups (broad SMARTS) is 1. The summed E-state index contributed by atoms with van der Waals surface area (Å²) in [5.74, 6) is -2.53. The third-order valence-corrected chi connectivity index (χ3v) is 4.17. The van der Waals surface area contributed by atoms with Crippen LogP contribution in [0.15, 0.2) is 24.3 Å². The predicted molar refractivity (Wildman–Crippen MR) is 78.2 cm³/mol. The molecule has 1 saturated carbocycles. The van der Waals surface area contributed by atoms with Gasteiger partial charge in [0.05, 0.1) is 11.8 Å². The minimum absolute atomic E-state index is 0.0802. The van der Waals surface area contributed by atoms with Crippen molar-refractivity contribution in [3.8, 4) is 5.75 Å². The van der Waals surface area contributed by atoms with E-state index in [1.54, 1.807) is 26.0 Å². The Bertz CT molecular complexity index is 625. The topological polar surface area (TPSA) is 75.6 Å². The highest BCUT2D eigenvalue weighted by molar-refractivity contribution is 5.91. The number of halogens is 3. The molecule has 2 N–H and O–H groups in total. The van der Waals surface area contributed by atoms with Crippen LogP contribution < -0.4 is 10.1 Å². The van der Waals surface area contributed by atoms with Crippen LogP contribution in [-0.2, 0) is 16.1 Å². The van der Waals surface area contributed by atoms with E-state index in [0.29, 0.717) is 5.56 Å². The first kappa shape index (κ1) is 18.1. The summed E-state index contributed by atoms with van der Waals surface area (Å²) in [7, 11) is 0. The van der Waals surface area contributed by atoms with E-state index in [1.807, 2.05) is 0 Å². The molecule has 0 heterocycles. The predicted octanol–water partition coefficient (Wildman–Crippen LogP) is 2.60. The average Bonchev–Trinajstić information content (AvgIpc) is 3.06. The summed E-state index contributed by atoms with van der Waals surface area (Å²) in [6, 6.07) is 5.85. The smallest absolute Gasteiger partial charge is 0.422 e. The van der Waals surface area contributed by atoms with Gasteiger partial charge in [0.25, 0.3) is 0 Å². The zero-order valence-electron chi connectivity index (χ0n) is 13.2. The van der Waals surface area contributed by atoms with E-state index in [0.717, 1.165) is 0 Å². The van der Waals surface area contributed by atoms with Crippen LogP contribution in [0, 0.1) is 17.3 Å². The van der Waals surface area contributed by atoms with Crippen LogP contribution in [0.2, 0.25) is 0 Å². The minimum Gasteiger partial charge on any atom is -0.484 e. The van der Waals surface area contributed by atoms with Gasteiger partial charge in [-0.15, -0.1) is 0 Å². The van der Waals surface area contributed by atoms with Gasteiger partial charge in [0.15, 0.2) is 6.61 Å². The quantitative estimate of drug-likeness (QED) is 0.831. The Balaban J connectivity index is 1.85. The molecule has 1 aromatic carbocycles. The van der Waals surface area contributed by atoms with Gasteiger partial charge in [-0.2, -0.15) is 13.2 Å². The van der Waals surface area contributed by atoms with E-state index in [1.165, 1.54) is 12.1 Å². The first-order chi connectivity index (χ1) is 11.0. The number of ether oxygens (including phenoxy) is 1. The Kier molecular flexibility index (Phi) is 4.77. The number of hydrogen-bond acceptors (Lipinski definition) is 3. The van der Waals surface area contributed by atoms with Crippen molar-refractivity contribution in [1.82, 2.24) is 5.32 Å². The second-order valence-electron chi connectivity index (χ2n) is 6.38. The summed E-state index contributed by atoms with van der Waals surface area (Å²) in [5, 5.41) is 11.7. The number of amides is 1. The summed E-state index contributed by atoms with van der Waals surface area (Å²) >= 11 is 0. The number of rotatable bonds is 6. The summed E-state index contributed by atoms with van der Waals surface area (Å²) in [6.07, 6.45) is -4.40. The zero-order chi connectivity index (χ0) is 18.1. The van der Waals surface area contributed by atoms with Crippen molar-refractivity contribution in [2.75, 3.05) is 6.61 Å². The van der Waals surface area contributed by atoms with Gasteiger partial charge in [-0.05, 0) is 23.1 Å². The molecule has 132 valence electrons. The highest BCUT2D eigenvalue weighted by Crippen LogP contribution is 2.58.